The maximum atomic E-state index is 13.5. The second kappa shape index (κ2) is 16.7. The average Bonchev–Trinajstić information content (AvgIpc) is 3.00. The molecule has 3 rings (SSSR count). The summed E-state index contributed by atoms with van der Waals surface area (Å²) in [5, 5.41) is 18.5. The van der Waals surface area contributed by atoms with Crippen molar-refractivity contribution in [2.75, 3.05) is 20.3 Å². The molecular weight excluding hydrogens is 558 g/mol. The molecule has 1 aromatic heterocycles. The molecule has 2 amide bonds. The minimum Gasteiger partial charge on any atom is -0.494 e. The fourth-order valence-corrected chi connectivity index (χ4v) is 4.69. The van der Waals surface area contributed by atoms with Crippen LogP contribution in [0.2, 0.25) is 0 Å². The van der Waals surface area contributed by atoms with Crippen molar-refractivity contribution in [2.24, 2.45) is 11.3 Å². The number of nitrogens with two attached hydrogens (primary N) is 1. The Bertz CT molecular complexity index is 1300. The summed E-state index contributed by atoms with van der Waals surface area (Å²) in [5.74, 6) is 6.70. The van der Waals surface area contributed by atoms with Crippen molar-refractivity contribution in [3.05, 3.63) is 84.1 Å². The highest BCUT2D eigenvalue weighted by Crippen LogP contribution is 2.21. The number of alkyl carbamates (subject to hydrolysis) is 1. The summed E-state index contributed by atoms with van der Waals surface area (Å²) < 4.78 is 10.5. The van der Waals surface area contributed by atoms with E-state index >= 15 is 0 Å². The van der Waals surface area contributed by atoms with Crippen LogP contribution in [0.3, 0.4) is 0 Å². The van der Waals surface area contributed by atoms with Crippen molar-refractivity contribution in [2.45, 2.75) is 71.7 Å². The van der Waals surface area contributed by atoms with E-state index in [1.807, 2.05) is 87.5 Å². The first-order valence-electron chi connectivity index (χ1n) is 15.0. The van der Waals surface area contributed by atoms with Crippen LogP contribution >= 0.6 is 0 Å². The Balaban J connectivity index is 1.73. The van der Waals surface area contributed by atoms with Gasteiger partial charge in [-0.25, -0.2) is 9.80 Å². The molecule has 0 saturated carbocycles. The van der Waals surface area contributed by atoms with Crippen molar-refractivity contribution in [3.63, 3.8) is 0 Å². The van der Waals surface area contributed by atoms with Gasteiger partial charge in [0.15, 0.2) is 0 Å². The quantitative estimate of drug-likeness (QED) is 0.113. The Morgan fingerprint density at radius 2 is 1.68 bits per heavy atom. The molecule has 0 spiro atoms. The largest absolute Gasteiger partial charge is 0.494 e. The SMILES string of the molecule is CCCCOc1ccc(C[C@H](NC(=O)[C@@H](NC(=O)OC)C(C)(C)C)[C@@H](O)CN(N)Cc2ccc(-c3ccccn3)cc2)cc1. The summed E-state index contributed by atoms with van der Waals surface area (Å²) in [7, 11) is 1.25. The number of nitrogens with one attached hydrogen (secondary N) is 2. The van der Waals surface area contributed by atoms with Gasteiger partial charge in [0.1, 0.15) is 11.8 Å². The predicted octanol–water partition coefficient (Wildman–Crippen LogP) is 4.46. The molecule has 0 aliphatic carbocycles. The topological polar surface area (TPSA) is 139 Å². The maximum Gasteiger partial charge on any atom is 0.407 e. The number of hydrazine groups is 1. The fourth-order valence-electron chi connectivity index (χ4n) is 4.69. The monoisotopic (exact) mass is 605 g/mol. The number of hydrogen-bond donors (Lipinski definition) is 4. The normalized spacial score (nSPS) is 13.5. The van der Waals surface area contributed by atoms with Gasteiger partial charge in [-0.15, -0.1) is 0 Å². The molecule has 3 aromatic rings. The lowest BCUT2D eigenvalue weighted by Crippen LogP contribution is -2.58. The van der Waals surface area contributed by atoms with Crippen LogP contribution in [0, 0.1) is 5.41 Å². The van der Waals surface area contributed by atoms with Gasteiger partial charge >= 0.3 is 6.09 Å². The molecule has 238 valence electrons. The molecular formula is C34H47N5O5. The van der Waals surface area contributed by atoms with Crippen LogP contribution in [0.25, 0.3) is 11.3 Å². The number of methoxy groups -OCH3 is 1. The molecule has 10 heteroatoms. The van der Waals surface area contributed by atoms with Crippen LogP contribution < -0.4 is 21.2 Å². The minimum absolute atomic E-state index is 0.0930. The number of pyridine rings is 1. The Kier molecular flexibility index (Phi) is 13.1. The Labute approximate surface area is 260 Å². The molecule has 0 radical (unpaired) electrons. The summed E-state index contributed by atoms with van der Waals surface area (Å²) in [6.07, 6.45) is 2.39. The number of ether oxygens (including phenoxy) is 2. The van der Waals surface area contributed by atoms with Gasteiger partial charge in [0.05, 0.1) is 31.6 Å². The van der Waals surface area contributed by atoms with E-state index in [2.05, 4.69) is 22.5 Å². The Morgan fingerprint density at radius 1 is 1.00 bits per heavy atom. The molecule has 2 aromatic carbocycles. The summed E-state index contributed by atoms with van der Waals surface area (Å²) in [6, 6.07) is 19.7. The van der Waals surface area contributed by atoms with Gasteiger partial charge < -0.3 is 25.2 Å². The summed E-state index contributed by atoms with van der Waals surface area (Å²) in [4.78, 5) is 29.9. The zero-order chi connectivity index (χ0) is 32.1. The van der Waals surface area contributed by atoms with Gasteiger partial charge in [-0.1, -0.05) is 76.6 Å². The highest BCUT2D eigenvalue weighted by atomic mass is 16.5. The van der Waals surface area contributed by atoms with E-state index in [4.69, 9.17) is 15.3 Å². The van der Waals surface area contributed by atoms with E-state index in [0.29, 0.717) is 19.6 Å². The Morgan fingerprint density at radius 3 is 2.27 bits per heavy atom. The molecule has 0 saturated heterocycles. The first-order valence-corrected chi connectivity index (χ1v) is 15.0. The van der Waals surface area contributed by atoms with Crippen LogP contribution in [-0.2, 0) is 22.5 Å². The van der Waals surface area contributed by atoms with E-state index in [-0.39, 0.29) is 6.54 Å². The zero-order valence-corrected chi connectivity index (χ0v) is 26.5. The lowest BCUT2D eigenvalue weighted by Gasteiger charge is -2.33. The smallest absolute Gasteiger partial charge is 0.407 e. The number of carbonyl (C=O) groups is 2. The zero-order valence-electron chi connectivity index (χ0n) is 26.5. The number of aliphatic hydroxyl groups is 1. The molecule has 5 N–H and O–H groups in total. The van der Waals surface area contributed by atoms with Crippen molar-refractivity contribution in [1.82, 2.24) is 20.6 Å². The maximum absolute atomic E-state index is 13.5. The van der Waals surface area contributed by atoms with Gasteiger partial charge in [0.2, 0.25) is 5.91 Å². The number of unbranched alkanes of at least 4 members (excludes halogenated alkanes) is 1. The third-order valence-electron chi connectivity index (χ3n) is 7.24. The van der Waals surface area contributed by atoms with Gasteiger partial charge in [-0.05, 0) is 53.6 Å². The molecule has 0 fully saturated rings. The molecule has 3 atom stereocenters. The van der Waals surface area contributed by atoms with Gasteiger partial charge in [-0.3, -0.25) is 15.6 Å². The van der Waals surface area contributed by atoms with Crippen LogP contribution in [-0.4, -0.2) is 65.5 Å². The average molecular weight is 606 g/mol. The summed E-state index contributed by atoms with van der Waals surface area (Å²) >= 11 is 0. The van der Waals surface area contributed by atoms with Crippen molar-refractivity contribution < 1.29 is 24.2 Å². The number of rotatable bonds is 15. The first-order chi connectivity index (χ1) is 21.0. The number of hydrogen-bond acceptors (Lipinski definition) is 8. The number of aliphatic hydroxyl groups excluding tert-OH is 1. The van der Waals surface area contributed by atoms with Gasteiger partial charge in [0.25, 0.3) is 0 Å². The fraction of sp³-hybridized carbons (Fsp3) is 0.441. The predicted molar refractivity (Wildman–Crippen MR) is 172 cm³/mol. The second-order valence-corrected chi connectivity index (χ2v) is 12.0. The second-order valence-electron chi connectivity index (χ2n) is 12.0. The molecule has 0 bridgehead atoms. The first kappa shape index (κ1) is 34.5. The number of benzene rings is 2. The molecule has 10 nitrogen and oxygen atoms in total. The number of nitrogens with zero attached hydrogens (tertiary/aromatic N) is 2. The number of aromatic nitrogens is 1. The lowest BCUT2D eigenvalue weighted by atomic mass is 9.85. The Hall–Kier alpha value is -3.99. The van der Waals surface area contributed by atoms with Crippen LogP contribution in [0.15, 0.2) is 72.9 Å². The third-order valence-corrected chi connectivity index (χ3v) is 7.24. The molecule has 0 unspecified atom stereocenters. The van der Waals surface area contributed by atoms with Crippen LogP contribution in [0.5, 0.6) is 5.75 Å². The molecule has 0 aliphatic heterocycles. The van der Waals surface area contributed by atoms with Gasteiger partial charge in [-0.2, -0.15) is 0 Å². The highest BCUT2D eigenvalue weighted by Gasteiger charge is 2.35. The standard InChI is InChI=1S/C34H47N5O5/c1-6-7-20-44-27-17-13-24(14-18-27)21-29(37-32(41)31(34(2,3)4)38-33(42)43-5)30(40)23-39(35)22-25-11-15-26(16-12-25)28-10-8-9-19-36-28/h8-19,29-31,40H,6-7,20-23,35H2,1-5H3,(H,37,41)(H,38,42)/t29-,30-,31+/m0/s1. The van der Waals surface area contributed by atoms with Crippen LogP contribution in [0.4, 0.5) is 4.79 Å². The van der Waals surface area contributed by atoms with E-state index in [1.54, 1.807) is 6.20 Å². The van der Waals surface area contributed by atoms with E-state index < -0.39 is 35.6 Å². The summed E-state index contributed by atoms with van der Waals surface area (Å²) in [6.45, 7) is 8.77. The molecule has 44 heavy (non-hydrogen) atoms. The number of carbonyl (C=O) groups excluding carboxylic acids is 2. The van der Waals surface area contributed by atoms with Crippen LogP contribution in [0.1, 0.15) is 51.7 Å². The highest BCUT2D eigenvalue weighted by molar-refractivity contribution is 5.86. The van der Waals surface area contributed by atoms with E-state index in [1.165, 1.54) is 12.1 Å². The van der Waals surface area contributed by atoms with Gasteiger partial charge in [0, 0.05) is 24.8 Å². The van der Waals surface area contributed by atoms with E-state index in [0.717, 1.165) is 41.0 Å². The lowest BCUT2D eigenvalue weighted by molar-refractivity contribution is -0.127. The molecule has 0 aliphatic rings. The van der Waals surface area contributed by atoms with E-state index in [9.17, 15) is 14.7 Å². The minimum atomic E-state index is -1.02. The third kappa shape index (κ3) is 10.9. The number of amides is 2. The van der Waals surface area contributed by atoms with Crippen molar-refractivity contribution in [1.29, 1.82) is 0 Å². The van der Waals surface area contributed by atoms with Crippen molar-refractivity contribution >= 4 is 12.0 Å². The van der Waals surface area contributed by atoms with Crippen molar-refractivity contribution in [3.8, 4) is 17.0 Å². The summed E-state index contributed by atoms with van der Waals surface area (Å²) in [5.41, 5.74) is 3.13. The molecule has 1 heterocycles.